The standard InChI is InChI=1S/C21H30N4OS/c1-5-22-20(23-12-10-19-25-18(14-27-19)21(2,3)4)24-16-11-13-26-17-9-7-6-8-15(16)17/h6-9,14,16H,5,10-13H2,1-4H3,(H2,22,23,24). The predicted octanol–water partition coefficient (Wildman–Crippen LogP) is 4.06. The Balaban J connectivity index is 1.63. The van der Waals surface area contributed by atoms with E-state index in [4.69, 9.17) is 14.7 Å². The van der Waals surface area contributed by atoms with Crippen LogP contribution in [0.5, 0.6) is 5.75 Å². The van der Waals surface area contributed by atoms with Crippen molar-refractivity contribution in [3.05, 3.63) is 45.9 Å². The third-order valence-corrected chi connectivity index (χ3v) is 5.44. The highest BCUT2D eigenvalue weighted by Gasteiger charge is 2.22. The van der Waals surface area contributed by atoms with Crippen molar-refractivity contribution < 1.29 is 4.74 Å². The van der Waals surface area contributed by atoms with Gasteiger partial charge in [-0.3, -0.25) is 4.99 Å². The van der Waals surface area contributed by atoms with Gasteiger partial charge >= 0.3 is 0 Å². The number of aromatic nitrogens is 1. The molecule has 2 N–H and O–H groups in total. The lowest BCUT2D eigenvalue weighted by Crippen LogP contribution is -2.41. The zero-order valence-corrected chi connectivity index (χ0v) is 17.5. The van der Waals surface area contributed by atoms with E-state index in [0.29, 0.717) is 0 Å². The maximum Gasteiger partial charge on any atom is 0.191 e. The van der Waals surface area contributed by atoms with Crippen LogP contribution in [-0.2, 0) is 11.8 Å². The molecular weight excluding hydrogens is 356 g/mol. The Morgan fingerprint density at radius 2 is 2.15 bits per heavy atom. The van der Waals surface area contributed by atoms with Gasteiger partial charge in [0, 0.05) is 42.3 Å². The van der Waals surface area contributed by atoms with Gasteiger partial charge in [-0.05, 0) is 13.0 Å². The molecule has 3 rings (SSSR count). The summed E-state index contributed by atoms with van der Waals surface area (Å²) in [5.41, 5.74) is 2.46. The lowest BCUT2D eigenvalue weighted by atomic mass is 9.93. The summed E-state index contributed by atoms with van der Waals surface area (Å²) in [6.07, 6.45) is 1.80. The van der Waals surface area contributed by atoms with Gasteiger partial charge in [0.15, 0.2) is 5.96 Å². The fourth-order valence-electron chi connectivity index (χ4n) is 3.01. The number of nitrogens with one attached hydrogen (secondary N) is 2. The molecule has 27 heavy (non-hydrogen) atoms. The average molecular weight is 387 g/mol. The van der Waals surface area contributed by atoms with E-state index in [2.05, 4.69) is 55.8 Å². The molecular formula is C21H30N4OS. The third kappa shape index (κ3) is 5.22. The first-order chi connectivity index (χ1) is 13.0. The van der Waals surface area contributed by atoms with Crippen LogP contribution in [0, 0.1) is 0 Å². The van der Waals surface area contributed by atoms with Crippen molar-refractivity contribution in [3.8, 4) is 5.75 Å². The van der Waals surface area contributed by atoms with Crippen LogP contribution in [0.3, 0.4) is 0 Å². The molecule has 1 unspecified atom stereocenters. The van der Waals surface area contributed by atoms with Crippen LogP contribution in [0.1, 0.15) is 56.4 Å². The van der Waals surface area contributed by atoms with Crippen LogP contribution in [0.15, 0.2) is 34.6 Å². The van der Waals surface area contributed by atoms with Crippen LogP contribution in [0.2, 0.25) is 0 Å². The van der Waals surface area contributed by atoms with Crippen molar-refractivity contribution in [2.75, 3.05) is 19.7 Å². The van der Waals surface area contributed by atoms with Crippen LogP contribution in [-0.4, -0.2) is 30.6 Å². The second kappa shape index (κ2) is 8.74. The molecule has 2 heterocycles. The van der Waals surface area contributed by atoms with E-state index in [9.17, 15) is 0 Å². The first-order valence-electron chi connectivity index (χ1n) is 9.69. The van der Waals surface area contributed by atoms with Gasteiger partial charge in [-0.2, -0.15) is 0 Å². The van der Waals surface area contributed by atoms with Crippen LogP contribution < -0.4 is 15.4 Å². The Bertz CT molecular complexity index is 778. The number of ether oxygens (including phenoxy) is 1. The molecule has 6 heteroatoms. The lowest BCUT2D eigenvalue weighted by Gasteiger charge is -2.28. The number of aliphatic imine (C=N–C) groups is 1. The van der Waals surface area contributed by atoms with Gasteiger partial charge < -0.3 is 15.4 Å². The predicted molar refractivity (Wildman–Crippen MR) is 113 cm³/mol. The number of thiazole rings is 1. The number of hydrogen-bond donors (Lipinski definition) is 2. The number of benzene rings is 1. The van der Waals surface area contributed by atoms with Crippen molar-refractivity contribution in [1.82, 2.24) is 15.6 Å². The molecule has 0 fully saturated rings. The van der Waals surface area contributed by atoms with Crippen molar-refractivity contribution in [2.24, 2.45) is 4.99 Å². The smallest absolute Gasteiger partial charge is 0.191 e. The average Bonchev–Trinajstić information content (AvgIpc) is 3.11. The Morgan fingerprint density at radius 1 is 1.33 bits per heavy atom. The molecule has 1 atom stereocenters. The Kier molecular flexibility index (Phi) is 6.37. The SMILES string of the molecule is CCNC(=NCCc1nc(C(C)(C)C)cs1)NC1CCOc2ccccc21. The first kappa shape index (κ1) is 19.7. The molecule has 0 aliphatic carbocycles. The molecule has 0 saturated heterocycles. The monoisotopic (exact) mass is 386 g/mol. The highest BCUT2D eigenvalue weighted by molar-refractivity contribution is 7.09. The number of nitrogens with zero attached hydrogens (tertiary/aromatic N) is 2. The van der Waals surface area contributed by atoms with Crippen molar-refractivity contribution in [2.45, 2.75) is 52.0 Å². The summed E-state index contributed by atoms with van der Waals surface area (Å²) >= 11 is 1.73. The summed E-state index contributed by atoms with van der Waals surface area (Å²) in [7, 11) is 0. The molecule has 0 spiro atoms. The number of hydrogen-bond acceptors (Lipinski definition) is 4. The van der Waals surface area contributed by atoms with E-state index in [1.807, 2.05) is 12.1 Å². The van der Waals surface area contributed by atoms with Crippen molar-refractivity contribution in [1.29, 1.82) is 0 Å². The molecule has 1 aromatic heterocycles. The molecule has 0 saturated carbocycles. The third-order valence-electron chi connectivity index (χ3n) is 4.53. The van der Waals surface area contributed by atoms with Gasteiger partial charge in [-0.25, -0.2) is 4.98 Å². The number of guanidine groups is 1. The van der Waals surface area contributed by atoms with Crippen LogP contribution in [0.25, 0.3) is 0 Å². The second-order valence-corrected chi connectivity index (χ2v) is 8.70. The second-order valence-electron chi connectivity index (χ2n) is 7.76. The van der Waals surface area contributed by atoms with Gasteiger partial charge in [0.25, 0.3) is 0 Å². The zero-order chi connectivity index (χ0) is 19.3. The van der Waals surface area contributed by atoms with Crippen molar-refractivity contribution in [3.63, 3.8) is 0 Å². The molecule has 0 bridgehead atoms. The molecule has 1 aromatic carbocycles. The molecule has 0 amide bonds. The Hall–Kier alpha value is -2.08. The van der Waals surface area contributed by atoms with Crippen molar-refractivity contribution >= 4 is 17.3 Å². The number of fused-ring (bicyclic) bond motifs is 1. The molecule has 1 aliphatic rings. The summed E-state index contributed by atoms with van der Waals surface area (Å²) in [5, 5.41) is 10.2. The van der Waals surface area contributed by atoms with E-state index in [1.165, 1.54) is 5.56 Å². The minimum atomic E-state index is 0.102. The van der Waals surface area contributed by atoms with Gasteiger partial charge in [-0.15, -0.1) is 11.3 Å². The normalized spacial score (nSPS) is 17.2. The maximum absolute atomic E-state index is 5.76. The highest BCUT2D eigenvalue weighted by Crippen LogP contribution is 2.31. The summed E-state index contributed by atoms with van der Waals surface area (Å²) in [6, 6.07) is 8.45. The topological polar surface area (TPSA) is 58.5 Å². The van der Waals surface area contributed by atoms with E-state index < -0.39 is 0 Å². The fraction of sp³-hybridized carbons (Fsp3) is 0.524. The molecule has 5 nitrogen and oxygen atoms in total. The number of rotatable bonds is 5. The fourth-order valence-corrected chi connectivity index (χ4v) is 4.02. The van der Waals surface area contributed by atoms with Crippen LogP contribution >= 0.6 is 11.3 Å². The summed E-state index contributed by atoms with van der Waals surface area (Å²) in [6.45, 7) is 11.0. The van der Waals surface area contributed by atoms with E-state index >= 15 is 0 Å². The summed E-state index contributed by atoms with van der Waals surface area (Å²) in [4.78, 5) is 9.53. The van der Waals surface area contributed by atoms with Gasteiger partial charge in [-0.1, -0.05) is 39.0 Å². The molecule has 0 radical (unpaired) electrons. The minimum Gasteiger partial charge on any atom is -0.493 e. The largest absolute Gasteiger partial charge is 0.493 e. The summed E-state index contributed by atoms with van der Waals surface area (Å²) in [5.74, 6) is 1.82. The van der Waals surface area contributed by atoms with Gasteiger partial charge in [0.1, 0.15) is 5.75 Å². The lowest BCUT2D eigenvalue weighted by molar-refractivity contribution is 0.261. The summed E-state index contributed by atoms with van der Waals surface area (Å²) < 4.78 is 5.76. The van der Waals surface area contributed by atoms with E-state index in [1.54, 1.807) is 11.3 Å². The molecule has 146 valence electrons. The Labute approximate surface area is 166 Å². The molecule has 2 aromatic rings. The highest BCUT2D eigenvalue weighted by atomic mass is 32.1. The van der Waals surface area contributed by atoms with Crippen LogP contribution in [0.4, 0.5) is 0 Å². The quantitative estimate of drug-likeness (QED) is 0.601. The number of para-hydroxylation sites is 1. The van der Waals surface area contributed by atoms with Gasteiger partial charge in [0.05, 0.1) is 23.4 Å². The van der Waals surface area contributed by atoms with E-state index in [0.717, 1.165) is 54.9 Å². The Morgan fingerprint density at radius 3 is 2.89 bits per heavy atom. The first-order valence-corrected chi connectivity index (χ1v) is 10.6. The molecule has 1 aliphatic heterocycles. The van der Waals surface area contributed by atoms with E-state index in [-0.39, 0.29) is 11.5 Å². The zero-order valence-electron chi connectivity index (χ0n) is 16.7. The maximum atomic E-state index is 5.76. The van der Waals surface area contributed by atoms with Gasteiger partial charge in [0.2, 0.25) is 0 Å². The minimum absolute atomic E-state index is 0.102.